The molecule has 3 rings (SSSR count). The van der Waals surface area contributed by atoms with Crippen molar-refractivity contribution in [1.29, 1.82) is 0 Å². The predicted octanol–water partition coefficient (Wildman–Crippen LogP) is 4.28. The molecule has 0 bridgehead atoms. The van der Waals surface area contributed by atoms with E-state index in [0.29, 0.717) is 18.2 Å². The molecule has 0 unspecified atom stereocenters. The standard InChI is InChI=1S/C20H22N2O2S/c1-14(2)15-6-5-7-16(12-15)21-19(23)10-11-22-17-8-3-4-9-18(17)25-13-20(22)24/h3-9,12,14H,10-11,13H2,1-2H3,(H,21,23). The summed E-state index contributed by atoms with van der Waals surface area (Å²) in [6.45, 7) is 4.64. The van der Waals surface area contributed by atoms with E-state index in [9.17, 15) is 9.59 Å². The average Bonchev–Trinajstić information content (AvgIpc) is 2.61. The molecular formula is C20H22N2O2S. The molecule has 2 aromatic carbocycles. The van der Waals surface area contributed by atoms with Crippen LogP contribution in [0.5, 0.6) is 0 Å². The van der Waals surface area contributed by atoms with E-state index < -0.39 is 0 Å². The van der Waals surface area contributed by atoms with Crippen molar-refractivity contribution in [3.63, 3.8) is 0 Å². The van der Waals surface area contributed by atoms with Crippen LogP contribution in [-0.2, 0) is 9.59 Å². The van der Waals surface area contributed by atoms with Crippen molar-refractivity contribution in [2.75, 3.05) is 22.5 Å². The second-order valence-corrected chi connectivity index (χ2v) is 7.40. The lowest BCUT2D eigenvalue weighted by molar-refractivity contribution is -0.117. The van der Waals surface area contributed by atoms with E-state index in [0.717, 1.165) is 16.3 Å². The van der Waals surface area contributed by atoms with Gasteiger partial charge >= 0.3 is 0 Å². The van der Waals surface area contributed by atoms with Crippen LogP contribution in [0, 0.1) is 0 Å². The van der Waals surface area contributed by atoms with Crippen molar-refractivity contribution in [1.82, 2.24) is 0 Å². The summed E-state index contributed by atoms with van der Waals surface area (Å²) in [7, 11) is 0. The highest BCUT2D eigenvalue weighted by Crippen LogP contribution is 2.34. The lowest BCUT2D eigenvalue weighted by Gasteiger charge is -2.28. The maximum absolute atomic E-state index is 12.3. The van der Waals surface area contributed by atoms with Crippen molar-refractivity contribution in [2.45, 2.75) is 31.1 Å². The number of nitrogens with zero attached hydrogens (tertiary/aromatic N) is 1. The molecule has 1 N–H and O–H groups in total. The molecule has 0 atom stereocenters. The van der Waals surface area contributed by atoms with Crippen LogP contribution in [0.25, 0.3) is 0 Å². The first-order valence-corrected chi connectivity index (χ1v) is 9.45. The monoisotopic (exact) mass is 354 g/mol. The number of thioether (sulfide) groups is 1. The summed E-state index contributed by atoms with van der Waals surface area (Å²) in [6.07, 6.45) is 0.274. The van der Waals surface area contributed by atoms with Gasteiger partial charge in [-0.1, -0.05) is 38.1 Å². The van der Waals surface area contributed by atoms with Gasteiger partial charge in [-0.3, -0.25) is 9.59 Å². The van der Waals surface area contributed by atoms with Crippen LogP contribution in [-0.4, -0.2) is 24.1 Å². The van der Waals surface area contributed by atoms with Gasteiger partial charge in [-0.2, -0.15) is 0 Å². The van der Waals surface area contributed by atoms with E-state index in [2.05, 4.69) is 25.2 Å². The van der Waals surface area contributed by atoms with Crippen LogP contribution >= 0.6 is 11.8 Å². The molecule has 0 saturated heterocycles. The highest BCUT2D eigenvalue weighted by Gasteiger charge is 2.24. The van der Waals surface area contributed by atoms with Crippen molar-refractivity contribution >= 4 is 35.0 Å². The van der Waals surface area contributed by atoms with Crippen LogP contribution in [0.2, 0.25) is 0 Å². The average molecular weight is 354 g/mol. The third-order valence-electron chi connectivity index (χ3n) is 4.21. The lowest BCUT2D eigenvalue weighted by Crippen LogP contribution is -2.37. The van der Waals surface area contributed by atoms with E-state index >= 15 is 0 Å². The Kier molecular flexibility index (Phi) is 5.43. The Morgan fingerprint density at radius 1 is 1.20 bits per heavy atom. The van der Waals surface area contributed by atoms with Gasteiger partial charge in [-0.05, 0) is 35.7 Å². The second kappa shape index (κ2) is 7.74. The van der Waals surface area contributed by atoms with Gasteiger partial charge in [-0.15, -0.1) is 11.8 Å². The summed E-state index contributed by atoms with van der Waals surface area (Å²) in [5.41, 5.74) is 2.89. The fourth-order valence-corrected chi connectivity index (χ4v) is 3.75. The van der Waals surface area contributed by atoms with E-state index in [1.165, 1.54) is 5.56 Å². The summed E-state index contributed by atoms with van der Waals surface area (Å²) < 4.78 is 0. The molecule has 4 nitrogen and oxygen atoms in total. The highest BCUT2D eigenvalue weighted by molar-refractivity contribution is 8.00. The molecule has 0 saturated carbocycles. The molecule has 1 aliphatic rings. The van der Waals surface area contributed by atoms with Crippen LogP contribution in [0.1, 0.15) is 31.7 Å². The minimum absolute atomic E-state index is 0.0540. The van der Waals surface area contributed by atoms with E-state index in [-0.39, 0.29) is 18.2 Å². The van der Waals surface area contributed by atoms with Gasteiger partial charge in [0.1, 0.15) is 0 Å². The number of rotatable bonds is 5. The third kappa shape index (κ3) is 4.23. The second-order valence-electron chi connectivity index (χ2n) is 6.38. The van der Waals surface area contributed by atoms with Gasteiger partial charge < -0.3 is 10.2 Å². The minimum Gasteiger partial charge on any atom is -0.326 e. The Hall–Kier alpha value is -2.27. The number of benzene rings is 2. The van der Waals surface area contributed by atoms with Gasteiger partial charge in [0, 0.05) is 23.5 Å². The number of para-hydroxylation sites is 1. The number of amides is 2. The van der Waals surface area contributed by atoms with Crippen LogP contribution < -0.4 is 10.2 Å². The smallest absolute Gasteiger partial charge is 0.237 e. The Labute approximate surface area is 152 Å². The fourth-order valence-electron chi connectivity index (χ4n) is 2.81. The third-order valence-corrected chi connectivity index (χ3v) is 5.26. The summed E-state index contributed by atoms with van der Waals surface area (Å²) >= 11 is 1.55. The maximum Gasteiger partial charge on any atom is 0.237 e. The molecule has 0 spiro atoms. The number of hydrogen-bond acceptors (Lipinski definition) is 3. The van der Waals surface area contributed by atoms with Crippen molar-refractivity contribution < 1.29 is 9.59 Å². The normalized spacial score (nSPS) is 13.7. The molecule has 25 heavy (non-hydrogen) atoms. The Balaban J connectivity index is 1.63. The molecule has 2 aromatic rings. The Morgan fingerprint density at radius 3 is 2.80 bits per heavy atom. The first kappa shape index (κ1) is 17.5. The minimum atomic E-state index is -0.0792. The molecule has 0 aromatic heterocycles. The van der Waals surface area contributed by atoms with Crippen molar-refractivity contribution in [3.05, 3.63) is 54.1 Å². The number of nitrogens with one attached hydrogen (secondary N) is 1. The van der Waals surface area contributed by atoms with Gasteiger partial charge in [0.05, 0.1) is 11.4 Å². The van der Waals surface area contributed by atoms with E-state index in [1.54, 1.807) is 16.7 Å². The van der Waals surface area contributed by atoms with E-state index in [4.69, 9.17) is 0 Å². The Bertz CT molecular complexity index is 789. The van der Waals surface area contributed by atoms with Gasteiger partial charge in [-0.25, -0.2) is 0 Å². The zero-order valence-electron chi connectivity index (χ0n) is 14.5. The Morgan fingerprint density at radius 2 is 2.00 bits per heavy atom. The topological polar surface area (TPSA) is 49.4 Å². The highest BCUT2D eigenvalue weighted by atomic mass is 32.2. The van der Waals surface area contributed by atoms with Crippen LogP contribution in [0.3, 0.4) is 0 Å². The molecule has 130 valence electrons. The van der Waals surface area contributed by atoms with Crippen LogP contribution in [0.4, 0.5) is 11.4 Å². The summed E-state index contributed by atoms with van der Waals surface area (Å²) in [4.78, 5) is 27.3. The van der Waals surface area contributed by atoms with Crippen molar-refractivity contribution in [3.8, 4) is 0 Å². The van der Waals surface area contributed by atoms with E-state index in [1.807, 2.05) is 42.5 Å². The molecule has 5 heteroatoms. The van der Waals surface area contributed by atoms with Gasteiger partial charge in [0.15, 0.2) is 0 Å². The molecule has 1 aliphatic heterocycles. The zero-order valence-corrected chi connectivity index (χ0v) is 15.3. The molecule has 0 fully saturated rings. The molecule has 0 radical (unpaired) electrons. The predicted molar refractivity (Wildman–Crippen MR) is 103 cm³/mol. The molecule has 1 heterocycles. The number of carbonyl (C=O) groups is 2. The number of hydrogen-bond donors (Lipinski definition) is 1. The van der Waals surface area contributed by atoms with Crippen molar-refractivity contribution in [2.24, 2.45) is 0 Å². The summed E-state index contributed by atoms with van der Waals surface area (Å²) in [5, 5.41) is 2.93. The quantitative estimate of drug-likeness (QED) is 0.872. The van der Waals surface area contributed by atoms with Crippen LogP contribution in [0.15, 0.2) is 53.4 Å². The number of fused-ring (bicyclic) bond motifs is 1. The number of carbonyl (C=O) groups excluding carboxylic acids is 2. The SMILES string of the molecule is CC(C)c1cccc(NC(=O)CCN2C(=O)CSc3ccccc32)c1. The number of anilines is 2. The molecular weight excluding hydrogens is 332 g/mol. The maximum atomic E-state index is 12.3. The molecule has 0 aliphatic carbocycles. The molecule has 2 amide bonds. The first-order chi connectivity index (χ1) is 12.0. The largest absolute Gasteiger partial charge is 0.326 e. The van der Waals surface area contributed by atoms with Gasteiger partial charge in [0.2, 0.25) is 11.8 Å². The lowest BCUT2D eigenvalue weighted by atomic mass is 10.0. The zero-order chi connectivity index (χ0) is 17.8. The first-order valence-electron chi connectivity index (χ1n) is 8.46. The summed E-state index contributed by atoms with van der Waals surface area (Å²) in [6, 6.07) is 15.7. The summed E-state index contributed by atoms with van der Waals surface area (Å²) in [5.74, 6) is 0.814. The van der Waals surface area contributed by atoms with Gasteiger partial charge in [0.25, 0.3) is 0 Å². The fraction of sp³-hybridized carbons (Fsp3) is 0.300.